The van der Waals surface area contributed by atoms with Gasteiger partial charge >= 0.3 is 0 Å². The molecule has 3 aliphatic rings. The number of fused-ring (bicyclic) bond motifs is 1. The number of nitrogens with zero attached hydrogens (tertiary/aromatic N) is 4. The number of halogens is 3. The molecule has 3 aliphatic heterocycles. The lowest BCUT2D eigenvalue weighted by atomic mass is 9.73. The minimum Gasteiger partial charge on any atom is -0.489 e. The average molecular weight is 570 g/mol. The number of hydrogen-bond acceptors (Lipinski definition) is 7. The molecule has 208 valence electrons. The number of hydrogen-bond donors (Lipinski definition) is 1. The lowest BCUT2D eigenvalue weighted by Gasteiger charge is -2.53. The highest BCUT2D eigenvalue weighted by Gasteiger charge is 2.44. The first-order valence-corrected chi connectivity index (χ1v) is 13.3. The van der Waals surface area contributed by atoms with Crippen LogP contribution in [0.25, 0.3) is 11.3 Å². The first kappa shape index (κ1) is 26.4. The second kappa shape index (κ2) is 10.3. The molecule has 0 bridgehead atoms. The highest BCUT2D eigenvalue weighted by atomic mass is 35.5. The summed E-state index contributed by atoms with van der Waals surface area (Å²) in [6.45, 7) is 3.34. The summed E-state index contributed by atoms with van der Waals surface area (Å²) in [6.07, 6.45) is 3.22. The Balaban J connectivity index is 1.18. The lowest BCUT2D eigenvalue weighted by Crippen LogP contribution is -2.58. The van der Waals surface area contributed by atoms with Crippen LogP contribution in [-0.4, -0.2) is 67.8 Å². The van der Waals surface area contributed by atoms with Crippen LogP contribution in [0.1, 0.15) is 23.5 Å². The Morgan fingerprint density at radius 2 is 1.93 bits per heavy atom. The van der Waals surface area contributed by atoms with E-state index in [9.17, 15) is 18.4 Å². The average Bonchev–Trinajstić information content (AvgIpc) is 3.05. The maximum atomic E-state index is 14.3. The van der Waals surface area contributed by atoms with Crippen LogP contribution in [0.2, 0.25) is 5.02 Å². The van der Waals surface area contributed by atoms with Crippen molar-refractivity contribution in [1.29, 1.82) is 0 Å². The third-order valence-corrected chi connectivity index (χ3v) is 8.02. The smallest absolute Gasteiger partial charge is 0.289 e. The summed E-state index contributed by atoms with van der Waals surface area (Å²) in [6, 6.07) is 7.50. The minimum absolute atomic E-state index is 0.0640. The van der Waals surface area contributed by atoms with Gasteiger partial charge in [0.15, 0.2) is 0 Å². The van der Waals surface area contributed by atoms with Crippen molar-refractivity contribution in [3.63, 3.8) is 0 Å². The third-order valence-electron chi connectivity index (χ3n) is 7.75. The Bertz CT molecular complexity index is 1490. The molecular weight excluding hydrogens is 544 g/mol. The molecule has 1 unspecified atom stereocenters. The van der Waals surface area contributed by atoms with E-state index in [1.807, 2.05) is 18.2 Å². The molecule has 1 aromatic heterocycles. The fourth-order valence-corrected chi connectivity index (χ4v) is 5.61. The predicted molar refractivity (Wildman–Crippen MR) is 144 cm³/mol. The number of anilines is 2. The fraction of sp³-hybridized carbons (Fsp3) is 0.357. The van der Waals surface area contributed by atoms with Gasteiger partial charge in [0.2, 0.25) is 5.82 Å². The topological polar surface area (TPSA) is 96.9 Å². The zero-order chi connectivity index (χ0) is 28.0. The molecule has 2 aromatic carbocycles. The van der Waals surface area contributed by atoms with Gasteiger partial charge in [-0.1, -0.05) is 11.6 Å². The molecule has 1 spiro atoms. The summed E-state index contributed by atoms with van der Waals surface area (Å²) < 4.78 is 39.5. The second-order valence-corrected chi connectivity index (χ2v) is 10.8. The summed E-state index contributed by atoms with van der Waals surface area (Å²) >= 11 is 6.12. The number of rotatable bonds is 4. The van der Waals surface area contributed by atoms with Crippen molar-refractivity contribution < 1.29 is 27.8 Å². The van der Waals surface area contributed by atoms with Gasteiger partial charge in [0.05, 0.1) is 22.6 Å². The van der Waals surface area contributed by atoms with Gasteiger partial charge in [0.25, 0.3) is 11.8 Å². The van der Waals surface area contributed by atoms with Crippen molar-refractivity contribution in [3.05, 3.63) is 65.1 Å². The van der Waals surface area contributed by atoms with Crippen LogP contribution in [-0.2, 0) is 9.53 Å². The maximum Gasteiger partial charge on any atom is 0.289 e. The molecule has 0 aliphatic carbocycles. The first-order chi connectivity index (χ1) is 19.2. The molecule has 12 heteroatoms. The lowest BCUT2D eigenvalue weighted by molar-refractivity contribution is -0.120. The van der Waals surface area contributed by atoms with Crippen molar-refractivity contribution in [1.82, 2.24) is 15.3 Å². The summed E-state index contributed by atoms with van der Waals surface area (Å²) in [4.78, 5) is 38.1. The highest BCUT2D eigenvalue weighted by molar-refractivity contribution is 6.33. The van der Waals surface area contributed by atoms with E-state index in [1.165, 1.54) is 4.90 Å². The number of carbonyl (C=O) groups is 2. The number of benzene rings is 2. The van der Waals surface area contributed by atoms with E-state index in [1.54, 1.807) is 7.05 Å². The molecule has 2 saturated heterocycles. The van der Waals surface area contributed by atoms with Gasteiger partial charge in [-0.25, -0.2) is 18.7 Å². The Morgan fingerprint density at radius 1 is 1.15 bits per heavy atom. The van der Waals surface area contributed by atoms with Gasteiger partial charge in [-0.05, 0) is 49.2 Å². The van der Waals surface area contributed by atoms with Crippen molar-refractivity contribution in [2.24, 2.45) is 5.41 Å². The van der Waals surface area contributed by atoms with Crippen LogP contribution < -0.4 is 19.9 Å². The number of carbonyl (C=O) groups excluding carboxylic acids is 2. The van der Waals surface area contributed by atoms with E-state index in [4.69, 9.17) is 21.1 Å². The molecular formula is C28H26ClF2N5O4. The SMILES string of the molecule is CN1C(=O)C(NC(=O)c2ncc(Cl)c(-c3cc(F)ccc3F)n2)COc2ccc(N3CC4(CCOCC4)C3)cc21. The minimum atomic E-state index is -1.04. The van der Waals surface area contributed by atoms with E-state index in [-0.39, 0.29) is 34.6 Å². The third kappa shape index (κ3) is 4.84. The standard InChI is InChI=1S/C28H26ClF2N5O4/c1-35-22-11-17(36-14-28(15-36)6-8-39-9-7-28)3-5-23(22)40-13-21(27(35)38)33-26(37)25-32-12-19(29)24(34-25)18-10-16(30)2-4-20(18)31/h2-5,10-12,21H,6-9,13-15H2,1H3,(H,33,37). The molecule has 4 heterocycles. The van der Waals surface area contributed by atoms with Gasteiger partial charge in [0, 0.05) is 50.0 Å². The van der Waals surface area contributed by atoms with Crippen molar-refractivity contribution >= 4 is 34.8 Å². The van der Waals surface area contributed by atoms with Crippen LogP contribution in [0.5, 0.6) is 5.75 Å². The predicted octanol–water partition coefficient (Wildman–Crippen LogP) is 3.85. The van der Waals surface area contributed by atoms with Gasteiger partial charge in [-0.3, -0.25) is 9.59 Å². The van der Waals surface area contributed by atoms with E-state index < -0.39 is 23.6 Å². The zero-order valence-corrected chi connectivity index (χ0v) is 22.4. The van der Waals surface area contributed by atoms with Crippen molar-refractivity contribution in [2.45, 2.75) is 18.9 Å². The Kier molecular flexibility index (Phi) is 6.79. The normalized spacial score (nSPS) is 19.9. The molecule has 1 atom stereocenters. The molecule has 3 aromatic rings. The van der Waals surface area contributed by atoms with Crippen LogP contribution in [0.3, 0.4) is 0 Å². The molecule has 2 amide bonds. The summed E-state index contributed by atoms with van der Waals surface area (Å²) in [5.41, 5.74) is 1.52. The molecule has 1 N–H and O–H groups in total. The number of aromatic nitrogens is 2. The monoisotopic (exact) mass is 569 g/mol. The molecule has 0 radical (unpaired) electrons. The quantitative estimate of drug-likeness (QED) is 0.510. The van der Waals surface area contributed by atoms with Crippen molar-refractivity contribution in [2.75, 3.05) is 49.8 Å². The highest BCUT2D eigenvalue weighted by Crippen LogP contribution is 2.44. The van der Waals surface area contributed by atoms with Gasteiger partial charge in [-0.2, -0.15) is 0 Å². The summed E-state index contributed by atoms with van der Waals surface area (Å²) in [7, 11) is 1.62. The molecule has 2 fully saturated rings. The Hall–Kier alpha value is -3.83. The molecule has 9 nitrogen and oxygen atoms in total. The van der Waals surface area contributed by atoms with E-state index in [2.05, 4.69) is 20.2 Å². The summed E-state index contributed by atoms with van der Waals surface area (Å²) in [5.74, 6) is -2.48. The maximum absolute atomic E-state index is 14.3. The fourth-order valence-electron chi connectivity index (χ4n) is 5.42. The summed E-state index contributed by atoms with van der Waals surface area (Å²) in [5, 5.41) is 2.54. The number of ether oxygens (including phenoxy) is 2. The van der Waals surface area contributed by atoms with Gasteiger partial charge in [-0.15, -0.1) is 0 Å². The first-order valence-electron chi connectivity index (χ1n) is 12.9. The molecule has 40 heavy (non-hydrogen) atoms. The van der Waals surface area contributed by atoms with Crippen LogP contribution in [0.4, 0.5) is 20.2 Å². The Labute approximate surface area is 234 Å². The zero-order valence-electron chi connectivity index (χ0n) is 21.6. The van der Waals surface area contributed by atoms with Gasteiger partial charge < -0.3 is 24.6 Å². The Morgan fingerprint density at radius 3 is 2.70 bits per heavy atom. The van der Waals surface area contributed by atoms with E-state index >= 15 is 0 Å². The van der Waals surface area contributed by atoms with Crippen LogP contribution in [0.15, 0.2) is 42.6 Å². The van der Waals surface area contributed by atoms with Crippen LogP contribution >= 0.6 is 11.6 Å². The van der Waals surface area contributed by atoms with Gasteiger partial charge in [0.1, 0.15) is 30.0 Å². The number of nitrogens with one attached hydrogen (secondary N) is 1. The number of amides is 2. The van der Waals surface area contributed by atoms with E-state index in [0.717, 1.165) is 69.2 Å². The largest absolute Gasteiger partial charge is 0.489 e. The molecule has 0 saturated carbocycles. The second-order valence-electron chi connectivity index (χ2n) is 10.4. The van der Waals surface area contributed by atoms with Crippen molar-refractivity contribution in [3.8, 4) is 17.0 Å². The number of likely N-dealkylation sites (N-methyl/N-ethyl adjacent to an activating group) is 1. The van der Waals surface area contributed by atoms with E-state index in [0.29, 0.717) is 16.9 Å². The molecule has 6 rings (SSSR count). The van der Waals surface area contributed by atoms with Crippen LogP contribution in [0, 0.1) is 17.0 Å².